The Bertz CT molecular complexity index is 451. The van der Waals surface area contributed by atoms with Gasteiger partial charge in [0, 0.05) is 22.6 Å². The summed E-state index contributed by atoms with van der Waals surface area (Å²) in [6.07, 6.45) is 5.29. The quantitative estimate of drug-likeness (QED) is 0.756. The lowest BCUT2D eigenvalue weighted by atomic mass is 9.69. The Hall–Kier alpha value is -0.240. The number of nitrogens with one attached hydrogen (secondary N) is 1. The molecule has 0 heterocycles. The molecular formula is C17H25Cl2N. The monoisotopic (exact) mass is 313 g/mol. The highest BCUT2D eigenvalue weighted by Crippen LogP contribution is 2.38. The van der Waals surface area contributed by atoms with Crippen LogP contribution in [0, 0.1) is 11.3 Å². The van der Waals surface area contributed by atoms with Gasteiger partial charge in [-0.1, -0.05) is 62.9 Å². The van der Waals surface area contributed by atoms with Gasteiger partial charge in [-0.15, -0.1) is 0 Å². The highest BCUT2D eigenvalue weighted by molar-refractivity contribution is 6.35. The van der Waals surface area contributed by atoms with E-state index in [-0.39, 0.29) is 0 Å². The van der Waals surface area contributed by atoms with Crippen LogP contribution in [-0.2, 0) is 6.54 Å². The van der Waals surface area contributed by atoms with E-state index in [1.54, 1.807) is 0 Å². The van der Waals surface area contributed by atoms with E-state index in [1.807, 2.05) is 18.2 Å². The first-order valence-electron chi connectivity index (χ1n) is 7.55. The third-order valence-electron chi connectivity index (χ3n) is 4.45. The second-order valence-electron chi connectivity index (χ2n) is 6.98. The summed E-state index contributed by atoms with van der Waals surface area (Å²) in [5.41, 5.74) is 1.50. The molecule has 0 amide bonds. The van der Waals surface area contributed by atoms with Gasteiger partial charge in [0.05, 0.1) is 0 Å². The summed E-state index contributed by atoms with van der Waals surface area (Å²) in [6.45, 7) is 7.89. The van der Waals surface area contributed by atoms with Crippen LogP contribution in [0.25, 0.3) is 0 Å². The van der Waals surface area contributed by atoms with E-state index in [1.165, 1.54) is 25.7 Å². The van der Waals surface area contributed by atoms with Gasteiger partial charge in [-0.25, -0.2) is 0 Å². The fraction of sp³-hybridized carbons (Fsp3) is 0.647. The Labute approximate surface area is 133 Å². The van der Waals surface area contributed by atoms with Crippen molar-refractivity contribution in [2.75, 3.05) is 0 Å². The minimum absolute atomic E-state index is 0.363. The number of benzene rings is 1. The van der Waals surface area contributed by atoms with Gasteiger partial charge in [0.2, 0.25) is 0 Å². The van der Waals surface area contributed by atoms with E-state index in [0.717, 1.165) is 23.0 Å². The first-order chi connectivity index (χ1) is 9.38. The molecule has 1 fully saturated rings. The molecule has 20 heavy (non-hydrogen) atoms. The second kappa shape index (κ2) is 6.68. The lowest BCUT2D eigenvalue weighted by molar-refractivity contribution is 0.130. The molecule has 1 aliphatic rings. The summed E-state index contributed by atoms with van der Waals surface area (Å²) >= 11 is 12.2. The smallest absolute Gasteiger partial charge is 0.0465 e. The summed E-state index contributed by atoms with van der Waals surface area (Å²) in [6, 6.07) is 6.34. The molecule has 1 N–H and O–H groups in total. The molecule has 1 aliphatic carbocycles. The standard InChI is InChI=1S/C17H25Cl2N/c1-17(2,3)14-6-4-5-7-16(14)20-11-12-8-9-13(18)10-15(12)19/h8-10,14,16,20H,4-7,11H2,1-3H3. The molecule has 0 bridgehead atoms. The van der Waals surface area contributed by atoms with Crippen molar-refractivity contribution in [2.24, 2.45) is 11.3 Å². The lowest BCUT2D eigenvalue weighted by Crippen LogP contribution is -2.43. The van der Waals surface area contributed by atoms with Crippen molar-refractivity contribution >= 4 is 23.2 Å². The maximum Gasteiger partial charge on any atom is 0.0465 e. The van der Waals surface area contributed by atoms with Crippen LogP contribution in [0.4, 0.5) is 0 Å². The topological polar surface area (TPSA) is 12.0 Å². The molecule has 0 radical (unpaired) electrons. The largest absolute Gasteiger partial charge is 0.310 e. The van der Waals surface area contributed by atoms with Crippen molar-refractivity contribution in [3.63, 3.8) is 0 Å². The number of rotatable bonds is 3. The molecule has 2 unspecified atom stereocenters. The highest BCUT2D eigenvalue weighted by Gasteiger charge is 2.33. The van der Waals surface area contributed by atoms with E-state index in [2.05, 4.69) is 26.1 Å². The Morgan fingerprint density at radius 1 is 1.15 bits per heavy atom. The SMILES string of the molecule is CC(C)(C)C1CCCCC1NCc1ccc(Cl)cc1Cl. The van der Waals surface area contributed by atoms with E-state index >= 15 is 0 Å². The average molecular weight is 314 g/mol. The van der Waals surface area contributed by atoms with Crippen LogP contribution in [-0.4, -0.2) is 6.04 Å². The molecule has 1 nitrogen and oxygen atoms in total. The first kappa shape index (κ1) is 16.1. The van der Waals surface area contributed by atoms with Crippen molar-refractivity contribution in [3.8, 4) is 0 Å². The summed E-state index contributed by atoms with van der Waals surface area (Å²) in [5.74, 6) is 0.738. The van der Waals surface area contributed by atoms with Crippen molar-refractivity contribution in [3.05, 3.63) is 33.8 Å². The molecule has 1 aromatic rings. The van der Waals surface area contributed by atoms with Crippen LogP contribution < -0.4 is 5.32 Å². The molecule has 1 aromatic carbocycles. The molecule has 1 saturated carbocycles. The zero-order chi connectivity index (χ0) is 14.8. The predicted molar refractivity (Wildman–Crippen MR) is 88.5 cm³/mol. The molecule has 0 saturated heterocycles. The van der Waals surface area contributed by atoms with Crippen LogP contribution in [0.5, 0.6) is 0 Å². The molecule has 0 aromatic heterocycles. The summed E-state index contributed by atoms with van der Waals surface area (Å²) in [4.78, 5) is 0. The number of hydrogen-bond donors (Lipinski definition) is 1. The average Bonchev–Trinajstić information content (AvgIpc) is 2.37. The normalized spacial score (nSPS) is 23.9. The maximum atomic E-state index is 6.25. The fourth-order valence-electron chi connectivity index (χ4n) is 3.32. The van der Waals surface area contributed by atoms with Gasteiger partial charge in [0.25, 0.3) is 0 Å². The first-order valence-corrected chi connectivity index (χ1v) is 8.31. The minimum Gasteiger partial charge on any atom is -0.310 e. The van der Waals surface area contributed by atoms with Gasteiger partial charge >= 0.3 is 0 Å². The zero-order valence-corrected chi connectivity index (χ0v) is 14.2. The van der Waals surface area contributed by atoms with Gasteiger partial charge in [0.15, 0.2) is 0 Å². The molecule has 2 rings (SSSR count). The van der Waals surface area contributed by atoms with E-state index in [9.17, 15) is 0 Å². The van der Waals surface area contributed by atoms with E-state index in [4.69, 9.17) is 23.2 Å². The van der Waals surface area contributed by atoms with Crippen LogP contribution >= 0.6 is 23.2 Å². The summed E-state index contributed by atoms with van der Waals surface area (Å²) < 4.78 is 0. The van der Waals surface area contributed by atoms with Crippen LogP contribution in [0.15, 0.2) is 18.2 Å². The summed E-state index contributed by atoms with van der Waals surface area (Å²) in [7, 11) is 0. The van der Waals surface area contributed by atoms with Crippen molar-refractivity contribution < 1.29 is 0 Å². The van der Waals surface area contributed by atoms with E-state index < -0.39 is 0 Å². The van der Waals surface area contributed by atoms with Crippen molar-refractivity contribution in [1.29, 1.82) is 0 Å². The second-order valence-corrected chi connectivity index (χ2v) is 7.82. The fourth-order valence-corrected chi connectivity index (χ4v) is 3.79. The molecule has 0 spiro atoms. The Morgan fingerprint density at radius 3 is 2.50 bits per heavy atom. The molecule has 2 atom stereocenters. The molecule has 3 heteroatoms. The van der Waals surface area contributed by atoms with E-state index in [0.29, 0.717) is 16.5 Å². The van der Waals surface area contributed by atoms with Gasteiger partial charge in [0.1, 0.15) is 0 Å². The van der Waals surface area contributed by atoms with Crippen LogP contribution in [0.3, 0.4) is 0 Å². The molecular weight excluding hydrogens is 289 g/mol. The van der Waals surface area contributed by atoms with Crippen LogP contribution in [0.1, 0.15) is 52.0 Å². The maximum absolute atomic E-state index is 6.25. The zero-order valence-electron chi connectivity index (χ0n) is 12.7. The third kappa shape index (κ3) is 4.13. The van der Waals surface area contributed by atoms with Crippen LogP contribution in [0.2, 0.25) is 10.0 Å². The number of hydrogen-bond acceptors (Lipinski definition) is 1. The molecule has 0 aliphatic heterocycles. The Morgan fingerprint density at radius 2 is 1.85 bits per heavy atom. The Kier molecular flexibility index (Phi) is 5.39. The van der Waals surface area contributed by atoms with Gasteiger partial charge in [-0.05, 0) is 41.9 Å². The number of halogens is 2. The minimum atomic E-state index is 0.363. The predicted octanol–water partition coefficient (Wildman–Crippen LogP) is 5.69. The lowest BCUT2D eigenvalue weighted by Gasteiger charge is -2.41. The Balaban J connectivity index is 2.01. The van der Waals surface area contributed by atoms with Gasteiger partial charge in [-0.3, -0.25) is 0 Å². The third-order valence-corrected chi connectivity index (χ3v) is 5.04. The summed E-state index contributed by atoms with van der Waals surface area (Å²) in [5, 5.41) is 5.18. The van der Waals surface area contributed by atoms with Crippen molar-refractivity contribution in [1.82, 2.24) is 5.32 Å². The van der Waals surface area contributed by atoms with Gasteiger partial charge in [-0.2, -0.15) is 0 Å². The highest BCUT2D eigenvalue weighted by atomic mass is 35.5. The van der Waals surface area contributed by atoms with Gasteiger partial charge < -0.3 is 5.32 Å². The van der Waals surface area contributed by atoms with Crippen molar-refractivity contribution in [2.45, 2.75) is 59.0 Å². The molecule has 112 valence electrons.